The molecule has 1 aromatic rings. The van der Waals surface area contributed by atoms with Gasteiger partial charge in [0.2, 0.25) is 5.91 Å². The molecule has 0 saturated carbocycles. The van der Waals surface area contributed by atoms with E-state index in [0.717, 1.165) is 5.56 Å². The highest BCUT2D eigenvalue weighted by Gasteiger charge is 2.35. The summed E-state index contributed by atoms with van der Waals surface area (Å²) in [6.45, 7) is 9.33. The van der Waals surface area contributed by atoms with Crippen molar-refractivity contribution in [1.82, 2.24) is 9.80 Å². The molecule has 1 fully saturated rings. The standard InChI is InChI=1S/C18H26N2O3/c1-13-5-7-15(8-6-13)18(3,4)17(23)20-11-9-19(10-12-20)16(22)14(2)21/h5-8,14,21H,9-12H2,1-4H3. The van der Waals surface area contributed by atoms with Gasteiger partial charge in [0.1, 0.15) is 6.10 Å². The predicted octanol–water partition coefficient (Wildman–Crippen LogP) is 1.32. The van der Waals surface area contributed by atoms with Crippen LogP contribution >= 0.6 is 0 Å². The van der Waals surface area contributed by atoms with Crippen LogP contribution in [0.2, 0.25) is 0 Å². The van der Waals surface area contributed by atoms with Gasteiger partial charge in [-0.25, -0.2) is 0 Å². The summed E-state index contributed by atoms with van der Waals surface area (Å²) in [5, 5.41) is 9.38. The number of rotatable bonds is 3. The monoisotopic (exact) mass is 318 g/mol. The number of aryl methyl sites for hydroxylation is 1. The van der Waals surface area contributed by atoms with Crippen LogP contribution in [0.1, 0.15) is 31.9 Å². The molecule has 23 heavy (non-hydrogen) atoms. The van der Waals surface area contributed by atoms with E-state index in [1.807, 2.05) is 49.9 Å². The van der Waals surface area contributed by atoms with E-state index in [1.54, 1.807) is 4.90 Å². The number of hydrogen-bond donors (Lipinski definition) is 1. The van der Waals surface area contributed by atoms with Crippen LogP contribution in [0.25, 0.3) is 0 Å². The Hall–Kier alpha value is -1.88. The molecule has 0 aromatic heterocycles. The molecule has 5 nitrogen and oxygen atoms in total. The fraction of sp³-hybridized carbons (Fsp3) is 0.556. The van der Waals surface area contributed by atoms with E-state index in [1.165, 1.54) is 12.5 Å². The Bertz CT molecular complexity index is 570. The lowest BCUT2D eigenvalue weighted by Gasteiger charge is -2.39. The molecule has 1 atom stereocenters. The minimum Gasteiger partial charge on any atom is -0.384 e. The van der Waals surface area contributed by atoms with Crippen LogP contribution in [0.4, 0.5) is 0 Å². The Morgan fingerprint density at radius 1 is 1.04 bits per heavy atom. The average molecular weight is 318 g/mol. The lowest BCUT2D eigenvalue weighted by molar-refractivity contribution is -0.146. The third kappa shape index (κ3) is 3.72. The molecule has 126 valence electrons. The molecule has 1 N–H and O–H groups in total. The molecule has 1 aliphatic heterocycles. The fourth-order valence-electron chi connectivity index (χ4n) is 2.88. The van der Waals surface area contributed by atoms with Crippen LogP contribution in [-0.4, -0.2) is 59.0 Å². The summed E-state index contributed by atoms with van der Waals surface area (Å²) in [5.74, 6) is -0.194. The molecule has 1 aliphatic rings. The summed E-state index contributed by atoms with van der Waals surface area (Å²) in [6.07, 6.45) is -0.985. The Morgan fingerprint density at radius 3 is 2.00 bits per heavy atom. The van der Waals surface area contributed by atoms with Crippen molar-refractivity contribution in [3.05, 3.63) is 35.4 Å². The van der Waals surface area contributed by atoms with Crippen molar-refractivity contribution in [3.63, 3.8) is 0 Å². The second-order valence-electron chi connectivity index (χ2n) is 6.78. The zero-order valence-corrected chi connectivity index (χ0v) is 14.4. The molecule has 2 rings (SSSR count). The normalized spacial score (nSPS) is 17.1. The first-order valence-electron chi connectivity index (χ1n) is 8.07. The molecule has 1 aromatic carbocycles. The molecule has 1 saturated heterocycles. The molecular formula is C18H26N2O3. The number of amides is 2. The smallest absolute Gasteiger partial charge is 0.251 e. The van der Waals surface area contributed by atoms with Crippen LogP contribution in [0, 0.1) is 6.92 Å². The molecule has 1 unspecified atom stereocenters. The van der Waals surface area contributed by atoms with Gasteiger partial charge in [-0.15, -0.1) is 0 Å². The number of aliphatic hydroxyl groups excluding tert-OH is 1. The van der Waals surface area contributed by atoms with Crippen LogP contribution < -0.4 is 0 Å². The van der Waals surface area contributed by atoms with E-state index >= 15 is 0 Å². The largest absolute Gasteiger partial charge is 0.384 e. The highest BCUT2D eigenvalue weighted by atomic mass is 16.3. The number of carbonyl (C=O) groups is 2. The Balaban J connectivity index is 2.04. The van der Waals surface area contributed by atoms with Gasteiger partial charge in [0, 0.05) is 26.2 Å². The molecule has 0 spiro atoms. The lowest BCUT2D eigenvalue weighted by Crippen LogP contribution is -2.55. The van der Waals surface area contributed by atoms with Gasteiger partial charge in [-0.05, 0) is 33.3 Å². The SMILES string of the molecule is Cc1ccc(C(C)(C)C(=O)N2CCN(C(=O)C(C)O)CC2)cc1. The lowest BCUT2D eigenvalue weighted by atomic mass is 9.82. The molecular weight excluding hydrogens is 292 g/mol. The van der Waals surface area contributed by atoms with Gasteiger partial charge in [0.15, 0.2) is 0 Å². The van der Waals surface area contributed by atoms with Crippen molar-refractivity contribution in [2.45, 2.75) is 39.2 Å². The van der Waals surface area contributed by atoms with Gasteiger partial charge >= 0.3 is 0 Å². The number of carbonyl (C=O) groups excluding carboxylic acids is 2. The van der Waals surface area contributed by atoms with Gasteiger partial charge < -0.3 is 14.9 Å². The van der Waals surface area contributed by atoms with E-state index < -0.39 is 11.5 Å². The van der Waals surface area contributed by atoms with Crippen molar-refractivity contribution < 1.29 is 14.7 Å². The van der Waals surface area contributed by atoms with Crippen LogP contribution in [-0.2, 0) is 15.0 Å². The molecule has 2 amide bonds. The van der Waals surface area contributed by atoms with E-state index in [9.17, 15) is 14.7 Å². The molecule has 0 radical (unpaired) electrons. The van der Waals surface area contributed by atoms with Gasteiger partial charge in [-0.2, -0.15) is 0 Å². The molecule has 1 heterocycles. The van der Waals surface area contributed by atoms with Crippen LogP contribution in [0.5, 0.6) is 0 Å². The number of aliphatic hydroxyl groups is 1. The van der Waals surface area contributed by atoms with Crippen LogP contribution in [0.3, 0.4) is 0 Å². The van der Waals surface area contributed by atoms with Crippen molar-refractivity contribution in [2.24, 2.45) is 0 Å². The minimum atomic E-state index is -0.985. The maximum atomic E-state index is 12.9. The summed E-state index contributed by atoms with van der Waals surface area (Å²) in [5.41, 5.74) is 1.57. The van der Waals surface area contributed by atoms with Gasteiger partial charge in [-0.1, -0.05) is 29.8 Å². The Labute approximate surface area is 137 Å². The summed E-state index contributed by atoms with van der Waals surface area (Å²) in [7, 11) is 0. The third-order valence-electron chi connectivity index (χ3n) is 4.54. The van der Waals surface area contributed by atoms with Gasteiger partial charge in [0.05, 0.1) is 5.41 Å². The second kappa shape index (κ2) is 6.71. The first kappa shape index (κ1) is 17.5. The first-order valence-corrected chi connectivity index (χ1v) is 8.07. The van der Waals surface area contributed by atoms with E-state index in [2.05, 4.69) is 0 Å². The zero-order valence-electron chi connectivity index (χ0n) is 14.4. The first-order chi connectivity index (χ1) is 10.7. The number of piperazine rings is 1. The van der Waals surface area contributed by atoms with Crippen molar-refractivity contribution in [2.75, 3.05) is 26.2 Å². The highest BCUT2D eigenvalue weighted by Crippen LogP contribution is 2.26. The summed E-state index contributed by atoms with van der Waals surface area (Å²) >= 11 is 0. The van der Waals surface area contributed by atoms with Crippen LogP contribution in [0.15, 0.2) is 24.3 Å². The fourth-order valence-corrected chi connectivity index (χ4v) is 2.88. The maximum Gasteiger partial charge on any atom is 0.251 e. The Kier molecular flexibility index (Phi) is 5.09. The van der Waals surface area contributed by atoms with Crippen molar-refractivity contribution >= 4 is 11.8 Å². The van der Waals surface area contributed by atoms with Gasteiger partial charge in [-0.3, -0.25) is 9.59 Å². The summed E-state index contributed by atoms with van der Waals surface area (Å²) in [4.78, 5) is 28.1. The van der Waals surface area contributed by atoms with Crippen molar-refractivity contribution in [1.29, 1.82) is 0 Å². The molecule has 0 aliphatic carbocycles. The van der Waals surface area contributed by atoms with E-state index in [4.69, 9.17) is 0 Å². The summed E-state index contributed by atoms with van der Waals surface area (Å²) < 4.78 is 0. The number of nitrogens with zero attached hydrogens (tertiary/aromatic N) is 2. The summed E-state index contributed by atoms with van der Waals surface area (Å²) in [6, 6.07) is 8.04. The third-order valence-corrected chi connectivity index (χ3v) is 4.54. The second-order valence-corrected chi connectivity index (χ2v) is 6.78. The minimum absolute atomic E-state index is 0.0745. The predicted molar refractivity (Wildman–Crippen MR) is 89.0 cm³/mol. The molecule has 0 bridgehead atoms. The topological polar surface area (TPSA) is 60.9 Å². The Morgan fingerprint density at radius 2 is 1.52 bits per heavy atom. The molecule has 5 heteroatoms. The van der Waals surface area contributed by atoms with Gasteiger partial charge in [0.25, 0.3) is 5.91 Å². The quantitative estimate of drug-likeness (QED) is 0.914. The van der Waals surface area contributed by atoms with Crippen molar-refractivity contribution in [3.8, 4) is 0 Å². The highest BCUT2D eigenvalue weighted by molar-refractivity contribution is 5.88. The van der Waals surface area contributed by atoms with E-state index in [0.29, 0.717) is 26.2 Å². The zero-order chi connectivity index (χ0) is 17.2. The number of benzene rings is 1. The average Bonchev–Trinajstić information content (AvgIpc) is 2.54. The number of hydrogen-bond acceptors (Lipinski definition) is 3. The maximum absolute atomic E-state index is 12.9. The van der Waals surface area contributed by atoms with E-state index in [-0.39, 0.29) is 11.8 Å².